The third-order valence-corrected chi connectivity index (χ3v) is 10.7. The van der Waals surface area contributed by atoms with Crippen LogP contribution in [0.25, 0.3) is 0 Å². The van der Waals surface area contributed by atoms with Crippen molar-refractivity contribution in [2.75, 3.05) is 41.0 Å². The minimum absolute atomic E-state index is 0.0497. The van der Waals surface area contributed by atoms with Crippen molar-refractivity contribution in [3.8, 4) is 0 Å². The van der Waals surface area contributed by atoms with E-state index < -0.39 is 18.1 Å². The quantitative estimate of drug-likeness (QED) is 0.0215. The highest BCUT2D eigenvalue weighted by Crippen LogP contribution is 2.14. The van der Waals surface area contributed by atoms with Crippen molar-refractivity contribution in [3.05, 3.63) is 60.8 Å². The highest BCUT2D eigenvalue weighted by molar-refractivity contribution is 5.72. The van der Waals surface area contributed by atoms with Crippen LogP contribution in [-0.2, 0) is 28.6 Å². The Morgan fingerprint density at radius 3 is 1.50 bits per heavy atom. The van der Waals surface area contributed by atoms with Crippen LogP contribution in [0, 0.1) is 0 Å². The summed E-state index contributed by atoms with van der Waals surface area (Å²) in [5.74, 6) is -1.51. The van der Waals surface area contributed by atoms with Gasteiger partial charge in [-0.3, -0.25) is 9.59 Å². The number of likely N-dealkylation sites (N-methyl/N-ethyl adjacent to an activating group) is 1. The van der Waals surface area contributed by atoms with Gasteiger partial charge in [0.05, 0.1) is 34.4 Å². The number of carboxylic acids is 1. The first-order valence-corrected chi connectivity index (χ1v) is 24.3. The molecule has 0 fully saturated rings. The molecule has 0 aliphatic carbocycles. The zero-order valence-electron chi connectivity index (χ0n) is 39.4. The molecule has 0 amide bonds. The van der Waals surface area contributed by atoms with E-state index in [9.17, 15) is 19.5 Å². The minimum atomic E-state index is -0.880. The minimum Gasteiger partial charge on any atom is -0.477 e. The first-order valence-electron chi connectivity index (χ1n) is 24.3. The molecule has 0 aliphatic heterocycles. The van der Waals surface area contributed by atoms with Gasteiger partial charge in [-0.1, -0.05) is 171 Å². The van der Waals surface area contributed by atoms with Gasteiger partial charge in [-0.25, -0.2) is 4.79 Å². The second-order valence-corrected chi connectivity index (χ2v) is 17.4. The van der Waals surface area contributed by atoms with Crippen LogP contribution in [0.15, 0.2) is 60.8 Å². The number of ether oxygens (including phenoxy) is 3. The fourth-order valence-corrected chi connectivity index (χ4v) is 6.92. The Bertz CT molecular complexity index is 1170. The summed E-state index contributed by atoms with van der Waals surface area (Å²) in [7, 11) is 5.52. The molecule has 8 nitrogen and oxygen atoms in total. The maximum Gasteiger partial charge on any atom is 0.362 e. The molecule has 1 N–H and O–H groups in total. The summed E-state index contributed by atoms with van der Waals surface area (Å²) >= 11 is 0. The topological polar surface area (TPSA) is 99.1 Å². The average Bonchev–Trinajstić information content (AvgIpc) is 3.21. The third-order valence-electron chi connectivity index (χ3n) is 10.7. The molecule has 346 valence electrons. The van der Waals surface area contributed by atoms with E-state index in [0.717, 1.165) is 70.6 Å². The molecule has 0 bridgehead atoms. The smallest absolute Gasteiger partial charge is 0.362 e. The van der Waals surface area contributed by atoms with Crippen LogP contribution in [0.2, 0.25) is 0 Å². The molecule has 0 rings (SSSR count). The van der Waals surface area contributed by atoms with Crippen molar-refractivity contribution < 1.29 is 38.2 Å². The van der Waals surface area contributed by atoms with Crippen LogP contribution in [0.5, 0.6) is 0 Å². The average molecular weight is 843 g/mol. The molecule has 2 atom stereocenters. The number of quaternary nitrogens is 1. The number of carboxylic acid groups (broad SMARTS) is 1. The summed E-state index contributed by atoms with van der Waals surface area (Å²) in [6.07, 6.45) is 52.7. The van der Waals surface area contributed by atoms with Gasteiger partial charge in [-0.2, -0.15) is 0 Å². The standard InChI is InChI=1S/C52H91NO7/c1-6-8-10-12-14-16-18-20-22-24-25-26-27-29-31-33-35-37-39-41-43-51(55)60-48(46-58-45-44-49(52(56)57)53(3,4)5)47-59-50(54)42-40-38-36-34-32-30-28-23-21-19-17-15-13-11-9-7-2/h8,10,14,16,20,22-23,28,30,32,48-49H,6-7,9,11-13,15,17-19,21,24-27,29,31,33-47H2,1-5H3/p+1/b10-8+,16-14+,22-20+,28-23+,32-30+. The first kappa shape index (κ1) is 57.0. The summed E-state index contributed by atoms with van der Waals surface area (Å²) in [5, 5.41) is 9.64. The summed E-state index contributed by atoms with van der Waals surface area (Å²) in [4.78, 5) is 37.1. The zero-order chi connectivity index (χ0) is 44.2. The lowest BCUT2D eigenvalue weighted by Gasteiger charge is -2.31. The number of allylic oxidation sites excluding steroid dienone is 10. The zero-order valence-corrected chi connectivity index (χ0v) is 39.4. The van der Waals surface area contributed by atoms with Gasteiger partial charge >= 0.3 is 17.9 Å². The van der Waals surface area contributed by atoms with Gasteiger partial charge in [0.1, 0.15) is 6.61 Å². The summed E-state index contributed by atoms with van der Waals surface area (Å²) in [6, 6.07) is -0.621. The second-order valence-electron chi connectivity index (χ2n) is 17.4. The van der Waals surface area contributed by atoms with Gasteiger partial charge < -0.3 is 23.8 Å². The number of rotatable bonds is 43. The van der Waals surface area contributed by atoms with E-state index in [4.69, 9.17) is 14.2 Å². The Hall–Kier alpha value is -2.97. The van der Waals surface area contributed by atoms with Crippen LogP contribution >= 0.6 is 0 Å². The van der Waals surface area contributed by atoms with E-state index in [0.29, 0.717) is 19.3 Å². The molecule has 0 aromatic carbocycles. The summed E-state index contributed by atoms with van der Waals surface area (Å²) in [5.41, 5.74) is 0. The van der Waals surface area contributed by atoms with Crippen LogP contribution in [0.1, 0.15) is 200 Å². The fraction of sp³-hybridized carbons (Fsp3) is 0.750. The van der Waals surface area contributed by atoms with Crippen LogP contribution in [-0.4, -0.2) is 80.6 Å². The van der Waals surface area contributed by atoms with Crippen molar-refractivity contribution in [2.24, 2.45) is 0 Å². The van der Waals surface area contributed by atoms with Gasteiger partial charge in [0.15, 0.2) is 12.1 Å². The number of carbonyl (C=O) groups excluding carboxylic acids is 2. The van der Waals surface area contributed by atoms with Crippen molar-refractivity contribution in [2.45, 2.75) is 212 Å². The molecular formula is C52H92NO7+. The number of nitrogens with zero attached hydrogens (tertiary/aromatic N) is 1. The number of carbonyl (C=O) groups is 3. The van der Waals surface area contributed by atoms with Gasteiger partial charge in [-0.05, 0) is 70.6 Å². The monoisotopic (exact) mass is 843 g/mol. The van der Waals surface area contributed by atoms with Gasteiger partial charge in [0.25, 0.3) is 0 Å². The number of esters is 2. The molecule has 8 heteroatoms. The molecule has 0 aliphatic rings. The lowest BCUT2D eigenvalue weighted by Crippen LogP contribution is -2.50. The van der Waals surface area contributed by atoms with Crippen molar-refractivity contribution in [1.29, 1.82) is 0 Å². The van der Waals surface area contributed by atoms with Crippen LogP contribution in [0.4, 0.5) is 0 Å². The molecule has 0 saturated carbocycles. The molecule has 0 radical (unpaired) electrons. The third kappa shape index (κ3) is 40.4. The molecule has 0 aromatic rings. The van der Waals surface area contributed by atoms with Crippen molar-refractivity contribution in [3.63, 3.8) is 0 Å². The Morgan fingerprint density at radius 2 is 0.983 bits per heavy atom. The Morgan fingerprint density at radius 1 is 0.533 bits per heavy atom. The number of hydrogen-bond donors (Lipinski definition) is 1. The SMILES string of the molecule is CC/C=C/C/C=C/C/C=C/CCCCCCCCCCCCC(=O)OC(COCCC(C(=O)O)[N+](C)(C)C)COC(=O)CCCCC/C=C/C=C/CCCCCCCCC. The van der Waals surface area contributed by atoms with Crippen LogP contribution in [0.3, 0.4) is 0 Å². The highest BCUT2D eigenvalue weighted by atomic mass is 16.6. The van der Waals surface area contributed by atoms with E-state index >= 15 is 0 Å². The van der Waals surface area contributed by atoms with Crippen LogP contribution < -0.4 is 0 Å². The van der Waals surface area contributed by atoms with E-state index in [1.807, 2.05) is 21.1 Å². The highest BCUT2D eigenvalue weighted by Gasteiger charge is 2.31. The Kier molecular flexibility index (Phi) is 40.6. The fourth-order valence-electron chi connectivity index (χ4n) is 6.92. The number of hydrogen-bond acceptors (Lipinski definition) is 6. The second kappa shape index (κ2) is 42.7. The molecular weight excluding hydrogens is 751 g/mol. The lowest BCUT2D eigenvalue weighted by molar-refractivity contribution is -0.887. The predicted molar refractivity (Wildman–Crippen MR) is 252 cm³/mol. The molecule has 0 heterocycles. The molecule has 0 saturated heterocycles. The Labute approximate surface area is 368 Å². The van der Waals surface area contributed by atoms with Gasteiger partial charge in [0, 0.05) is 19.3 Å². The maximum absolute atomic E-state index is 12.8. The molecule has 0 aromatic heterocycles. The van der Waals surface area contributed by atoms with Gasteiger partial charge in [-0.15, -0.1) is 0 Å². The molecule has 2 unspecified atom stereocenters. The lowest BCUT2D eigenvalue weighted by atomic mass is 10.0. The largest absolute Gasteiger partial charge is 0.477 e. The van der Waals surface area contributed by atoms with E-state index in [-0.39, 0.29) is 36.2 Å². The number of unbranched alkanes of at least 4 members (excludes halogenated alkanes) is 20. The molecule has 0 spiro atoms. The van der Waals surface area contributed by atoms with Crippen molar-refractivity contribution in [1.82, 2.24) is 0 Å². The van der Waals surface area contributed by atoms with E-state index in [2.05, 4.69) is 74.6 Å². The maximum atomic E-state index is 12.8. The summed E-state index contributed by atoms with van der Waals surface area (Å²) in [6.45, 7) is 4.60. The normalized spacial score (nSPS) is 13.4. The van der Waals surface area contributed by atoms with E-state index in [1.54, 1.807) is 0 Å². The predicted octanol–water partition coefficient (Wildman–Crippen LogP) is 13.8. The number of aliphatic carboxylic acids is 1. The first-order chi connectivity index (χ1) is 29.1. The molecule has 60 heavy (non-hydrogen) atoms. The van der Waals surface area contributed by atoms with Gasteiger partial charge in [0.2, 0.25) is 0 Å². The van der Waals surface area contributed by atoms with Crippen molar-refractivity contribution >= 4 is 17.9 Å². The Balaban J connectivity index is 4.32. The van der Waals surface area contributed by atoms with E-state index in [1.165, 1.54) is 96.3 Å². The summed E-state index contributed by atoms with van der Waals surface area (Å²) < 4.78 is 17.3.